The highest BCUT2D eigenvalue weighted by atomic mass is 15.5. The molecule has 0 amide bonds. The number of nitrogens with two attached hydrogens (primary N) is 1. The third-order valence-electron chi connectivity index (χ3n) is 2.67. The molecule has 1 aromatic carbocycles. The average molecular weight is 191 g/mol. The molecule has 1 aromatic rings. The molecule has 3 nitrogen and oxygen atoms in total. The van der Waals surface area contributed by atoms with Crippen LogP contribution in [0.1, 0.15) is 29.6 Å². The first-order chi connectivity index (χ1) is 6.68. The van der Waals surface area contributed by atoms with Gasteiger partial charge in [-0.3, -0.25) is 5.01 Å². The van der Waals surface area contributed by atoms with E-state index in [-0.39, 0.29) is 6.04 Å². The van der Waals surface area contributed by atoms with Gasteiger partial charge in [0.1, 0.15) is 0 Å². The number of hydrogen-bond acceptors (Lipinski definition) is 3. The number of hydrogen-bond donors (Lipinski definition) is 2. The fraction of sp³-hybridized carbons (Fsp3) is 0.455. The van der Waals surface area contributed by atoms with Crippen molar-refractivity contribution in [2.45, 2.75) is 18.5 Å². The first kappa shape index (κ1) is 9.65. The number of nitrogens with zero attached hydrogens (tertiary/aromatic N) is 1. The number of benzene rings is 1. The summed E-state index contributed by atoms with van der Waals surface area (Å²) in [4.78, 5) is 0. The Balaban J connectivity index is 2.25. The number of nitrogens with one attached hydrogen (secondary N) is 1. The third kappa shape index (κ3) is 1.66. The van der Waals surface area contributed by atoms with Crippen LogP contribution in [0.5, 0.6) is 0 Å². The zero-order chi connectivity index (χ0) is 10.1. The highest BCUT2D eigenvalue weighted by Crippen LogP contribution is 2.36. The normalized spacial score (nSPS) is 25.4. The van der Waals surface area contributed by atoms with E-state index in [9.17, 15) is 0 Å². The molecule has 1 aliphatic rings. The fourth-order valence-corrected chi connectivity index (χ4v) is 2.11. The summed E-state index contributed by atoms with van der Waals surface area (Å²) >= 11 is 0. The molecule has 14 heavy (non-hydrogen) atoms. The molecule has 0 fully saturated rings. The first-order valence-electron chi connectivity index (χ1n) is 4.96. The zero-order valence-electron chi connectivity index (χ0n) is 8.70. The van der Waals surface area contributed by atoms with Gasteiger partial charge in [-0.1, -0.05) is 24.3 Å². The molecule has 2 rings (SSSR count). The molecule has 3 heteroatoms. The van der Waals surface area contributed by atoms with E-state index in [1.54, 1.807) is 0 Å². The molecule has 0 saturated heterocycles. The molecule has 2 atom stereocenters. The maximum Gasteiger partial charge on any atom is 0.0485 e. The highest BCUT2D eigenvalue weighted by Gasteiger charge is 2.27. The van der Waals surface area contributed by atoms with Crippen molar-refractivity contribution < 1.29 is 0 Å². The van der Waals surface area contributed by atoms with Gasteiger partial charge in [-0.05, 0) is 17.5 Å². The number of rotatable bonds is 2. The van der Waals surface area contributed by atoms with Crippen molar-refractivity contribution in [2.75, 3.05) is 14.1 Å². The van der Waals surface area contributed by atoms with Gasteiger partial charge in [0.25, 0.3) is 0 Å². The van der Waals surface area contributed by atoms with Crippen LogP contribution in [0.15, 0.2) is 24.3 Å². The predicted molar refractivity (Wildman–Crippen MR) is 57.6 cm³/mol. The van der Waals surface area contributed by atoms with Gasteiger partial charge >= 0.3 is 0 Å². The zero-order valence-corrected chi connectivity index (χ0v) is 8.70. The predicted octanol–water partition coefficient (Wildman–Crippen LogP) is 1.20. The van der Waals surface area contributed by atoms with E-state index in [1.807, 2.05) is 19.1 Å². The van der Waals surface area contributed by atoms with Crippen molar-refractivity contribution in [1.29, 1.82) is 0 Å². The maximum atomic E-state index is 6.05. The standard InChI is InChI=1S/C11H17N3/c1-14(2)13-11-7-10(12)8-5-3-4-6-9(8)11/h3-6,10-11,13H,7,12H2,1-2H3. The average Bonchev–Trinajstić information content (AvgIpc) is 2.44. The van der Waals surface area contributed by atoms with E-state index >= 15 is 0 Å². The molecule has 76 valence electrons. The summed E-state index contributed by atoms with van der Waals surface area (Å²) in [6, 6.07) is 8.96. The number of hydrazine groups is 1. The molecule has 0 spiro atoms. The van der Waals surface area contributed by atoms with E-state index in [4.69, 9.17) is 5.73 Å². The van der Waals surface area contributed by atoms with Crippen molar-refractivity contribution in [3.05, 3.63) is 35.4 Å². The van der Waals surface area contributed by atoms with Crippen molar-refractivity contribution in [2.24, 2.45) is 5.73 Å². The van der Waals surface area contributed by atoms with Crippen LogP contribution in [0.2, 0.25) is 0 Å². The van der Waals surface area contributed by atoms with E-state index in [2.05, 4.69) is 29.7 Å². The molecule has 1 aliphatic carbocycles. The lowest BCUT2D eigenvalue weighted by Gasteiger charge is -2.19. The largest absolute Gasteiger partial charge is 0.324 e. The van der Waals surface area contributed by atoms with Gasteiger partial charge in [0, 0.05) is 26.2 Å². The molecule has 2 unspecified atom stereocenters. The first-order valence-corrected chi connectivity index (χ1v) is 4.96. The second kappa shape index (κ2) is 3.69. The van der Waals surface area contributed by atoms with Crippen LogP contribution in [0.3, 0.4) is 0 Å². The smallest absolute Gasteiger partial charge is 0.0485 e. The molecule has 3 N–H and O–H groups in total. The second-order valence-electron chi connectivity index (χ2n) is 4.05. The molecule has 0 aliphatic heterocycles. The fourth-order valence-electron chi connectivity index (χ4n) is 2.11. The summed E-state index contributed by atoms with van der Waals surface area (Å²) in [5.74, 6) is 0. The van der Waals surface area contributed by atoms with Crippen LogP contribution in [0.4, 0.5) is 0 Å². The Labute approximate surface area is 84.9 Å². The summed E-state index contributed by atoms with van der Waals surface area (Å²) in [5.41, 5.74) is 12.1. The van der Waals surface area contributed by atoms with Gasteiger partial charge in [-0.15, -0.1) is 0 Å². The Hall–Kier alpha value is -0.900. The lowest BCUT2D eigenvalue weighted by atomic mass is 10.1. The van der Waals surface area contributed by atoms with Gasteiger partial charge in [0.2, 0.25) is 0 Å². The molecule has 0 bridgehead atoms. The molecule has 0 radical (unpaired) electrons. The minimum absolute atomic E-state index is 0.184. The minimum Gasteiger partial charge on any atom is -0.324 e. The van der Waals surface area contributed by atoms with Crippen molar-refractivity contribution in [3.63, 3.8) is 0 Å². The van der Waals surface area contributed by atoms with Crippen LogP contribution in [-0.4, -0.2) is 19.1 Å². The summed E-state index contributed by atoms with van der Waals surface area (Å²) in [6.07, 6.45) is 0.984. The molecule has 0 saturated carbocycles. The van der Waals surface area contributed by atoms with Gasteiger partial charge in [0.05, 0.1) is 0 Å². The molecular formula is C11H17N3. The SMILES string of the molecule is CN(C)NC1CC(N)c2ccccc21. The Bertz CT molecular complexity index is 320. The van der Waals surface area contributed by atoms with Crippen molar-refractivity contribution in [3.8, 4) is 0 Å². The molecule has 0 aromatic heterocycles. The topological polar surface area (TPSA) is 41.3 Å². The Kier molecular flexibility index (Phi) is 2.54. The Morgan fingerprint density at radius 1 is 1.29 bits per heavy atom. The van der Waals surface area contributed by atoms with Gasteiger partial charge in [0.15, 0.2) is 0 Å². The van der Waals surface area contributed by atoms with E-state index in [1.165, 1.54) is 11.1 Å². The summed E-state index contributed by atoms with van der Waals surface area (Å²) in [7, 11) is 4.01. The van der Waals surface area contributed by atoms with Crippen LogP contribution >= 0.6 is 0 Å². The maximum absolute atomic E-state index is 6.05. The van der Waals surface area contributed by atoms with Crippen LogP contribution in [0, 0.1) is 0 Å². The Morgan fingerprint density at radius 3 is 2.57 bits per heavy atom. The van der Waals surface area contributed by atoms with E-state index < -0.39 is 0 Å². The second-order valence-corrected chi connectivity index (χ2v) is 4.05. The lowest BCUT2D eigenvalue weighted by Crippen LogP contribution is -2.33. The van der Waals surface area contributed by atoms with Crippen LogP contribution in [0.25, 0.3) is 0 Å². The molecular weight excluding hydrogens is 174 g/mol. The van der Waals surface area contributed by atoms with Crippen molar-refractivity contribution in [1.82, 2.24) is 10.4 Å². The highest BCUT2D eigenvalue weighted by molar-refractivity contribution is 5.37. The molecule has 0 heterocycles. The van der Waals surface area contributed by atoms with Crippen LogP contribution < -0.4 is 11.2 Å². The van der Waals surface area contributed by atoms with Gasteiger partial charge < -0.3 is 5.73 Å². The summed E-state index contributed by atoms with van der Waals surface area (Å²) in [6.45, 7) is 0. The van der Waals surface area contributed by atoms with Crippen molar-refractivity contribution >= 4 is 0 Å². The lowest BCUT2D eigenvalue weighted by molar-refractivity contribution is 0.238. The van der Waals surface area contributed by atoms with Gasteiger partial charge in [-0.25, -0.2) is 5.43 Å². The number of fused-ring (bicyclic) bond motifs is 1. The van der Waals surface area contributed by atoms with E-state index in [0.29, 0.717) is 6.04 Å². The van der Waals surface area contributed by atoms with E-state index in [0.717, 1.165) is 6.42 Å². The quantitative estimate of drug-likeness (QED) is 0.690. The summed E-state index contributed by atoms with van der Waals surface area (Å²) < 4.78 is 0. The third-order valence-corrected chi connectivity index (χ3v) is 2.67. The summed E-state index contributed by atoms with van der Waals surface area (Å²) in [5, 5.41) is 1.99. The van der Waals surface area contributed by atoms with Gasteiger partial charge in [-0.2, -0.15) is 0 Å². The monoisotopic (exact) mass is 191 g/mol. The Morgan fingerprint density at radius 2 is 1.93 bits per heavy atom. The minimum atomic E-state index is 0.184. The van der Waals surface area contributed by atoms with Crippen LogP contribution in [-0.2, 0) is 0 Å².